The number of hydrogen-bond acceptors (Lipinski definition) is 3. The Hall–Kier alpha value is -1.69. The van der Waals surface area contributed by atoms with E-state index in [2.05, 4.69) is 39.4 Å². The summed E-state index contributed by atoms with van der Waals surface area (Å²) in [6, 6.07) is 15.7. The van der Waals surface area contributed by atoms with Crippen LogP contribution < -0.4 is 11.3 Å². The molecule has 0 heterocycles. The number of hydrazine groups is 1. The van der Waals surface area contributed by atoms with Crippen LogP contribution in [0.2, 0.25) is 0 Å². The molecule has 2 aromatic rings. The fourth-order valence-electron chi connectivity index (χ4n) is 2.13. The van der Waals surface area contributed by atoms with Gasteiger partial charge in [0.05, 0.1) is 0 Å². The van der Waals surface area contributed by atoms with Gasteiger partial charge >= 0.3 is 0 Å². The van der Waals surface area contributed by atoms with Gasteiger partial charge in [-0.1, -0.05) is 46.3 Å². The number of rotatable bonds is 5. The molecule has 0 radical (unpaired) electrons. The molecule has 0 bridgehead atoms. The molecule has 21 heavy (non-hydrogen) atoms. The number of nitrogens with zero attached hydrogens (tertiary/aromatic N) is 1. The van der Waals surface area contributed by atoms with E-state index in [1.165, 1.54) is 5.56 Å². The van der Waals surface area contributed by atoms with Crippen molar-refractivity contribution in [2.75, 3.05) is 7.05 Å². The number of amides is 1. The third-order valence-electron chi connectivity index (χ3n) is 3.20. The molecule has 0 unspecified atom stereocenters. The Morgan fingerprint density at radius 2 is 1.81 bits per heavy atom. The second-order valence-electron chi connectivity index (χ2n) is 4.93. The van der Waals surface area contributed by atoms with Crippen LogP contribution in [0, 0.1) is 0 Å². The first kappa shape index (κ1) is 15.7. The van der Waals surface area contributed by atoms with E-state index in [4.69, 9.17) is 5.84 Å². The standard InChI is InChI=1S/C16H18BrN3O/c1-20(11-14-4-2-3-5-15(14)17)10-12-6-8-13(9-7-12)16(21)19-18/h2-9H,10-11,18H2,1H3,(H,19,21). The zero-order chi connectivity index (χ0) is 15.2. The molecule has 0 aromatic heterocycles. The van der Waals surface area contributed by atoms with Gasteiger partial charge in [-0.2, -0.15) is 0 Å². The van der Waals surface area contributed by atoms with Crippen molar-refractivity contribution in [2.45, 2.75) is 13.1 Å². The fourth-order valence-corrected chi connectivity index (χ4v) is 2.54. The second kappa shape index (κ2) is 7.36. The number of nitrogens with one attached hydrogen (secondary N) is 1. The summed E-state index contributed by atoms with van der Waals surface area (Å²) in [6.07, 6.45) is 0. The van der Waals surface area contributed by atoms with Gasteiger partial charge in [-0.05, 0) is 36.4 Å². The lowest BCUT2D eigenvalue weighted by molar-refractivity contribution is 0.0953. The maximum Gasteiger partial charge on any atom is 0.265 e. The van der Waals surface area contributed by atoms with Gasteiger partial charge in [0.1, 0.15) is 0 Å². The van der Waals surface area contributed by atoms with Gasteiger partial charge in [0, 0.05) is 23.1 Å². The highest BCUT2D eigenvalue weighted by Gasteiger charge is 2.06. The zero-order valence-corrected chi connectivity index (χ0v) is 13.4. The quantitative estimate of drug-likeness (QED) is 0.496. The average molecular weight is 348 g/mol. The highest BCUT2D eigenvalue weighted by molar-refractivity contribution is 9.10. The summed E-state index contributed by atoms with van der Waals surface area (Å²) in [5.74, 6) is 4.84. The number of nitrogen functional groups attached to an aromatic ring is 1. The van der Waals surface area contributed by atoms with Gasteiger partial charge in [-0.3, -0.25) is 15.1 Å². The van der Waals surface area contributed by atoms with Crippen molar-refractivity contribution in [3.8, 4) is 0 Å². The lowest BCUT2D eigenvalue weighted by atomic mass is 10.1. The Morgan fingerprint density at radius 3 is 2.43 bits per heavy atom. The molecule has 3 N–H and O–H groups in total. The summed E-state index contributed by atoms with van der Waals surface area (Å²) in [5, 5.41) is 0. The van der Waals surface area contributed by atoms with Crippen LogP contribution in [0.4, 0.5) is 0 Å². The van der Waals surface area contributed by atoms with Crippen molar-refractivity contribution in [2.24, 2.45) is 5.84 Å². The molecular weight excluding hydrogens is 330 g/mol. The number of benzene rings is 2. The Labute approximate surface area is 133 Å². The first-order chi connectivity index (χ1) is 10.1. The SMILES string of the molecule is CN(Cc1ccc(C(=O)NN)cc1)Cc1ccccc1Br. The molecule has 5 heteroatoms. The summed E-state index contributed by atoms with van der Waals surface area (Å²) in [6.45, 7) is 1.66. The number of nitrogens with two attached hydrogens (primary N) is 1. The van der Waals surface area contributed by atoms with Crippen molar-refractivity contribution in [3.05, 3.63) is 69.7 Å². The molecular formula is C16H18BrN3O. The Kier molecular flexibility index (Phi) is 5.50. The van der Waals surface area contributed by atoms with Crippen LogP contribution in [0.1, 0.15) is 21.5 Å². The van der Waals surface area contributed by atoms with Crippen molar-refractivity contribution >= 4 is 21.8 Å². The Balaban J connectivity index is 1.98. The van der Waals surface area contributed by atoms with E-state index < -0.39 is 0 Å². The van der Waals surface area contributed by atoms with Gasteiger partial charge in [0.15, 0.2) is 0 Å². The van der Waals surface area contributed by atoms with Crippen LogP contribution >= 0.6 is 15.9 Å². The van der Waals surface area contributed by atoms with Crippen molar-refractivity contribution < 1.29 is 4.79 Å². The normalized spacial score (nSPS) is 10.7. The molecule has 2 rings (SSSR count). The Bertz CT molecular complexity index is 613. The lowest BCUT2D eigenvalue weighted by Gasteiger charge is -2.17. The molecule has 0 fully saturated rings. The number of halogens is 1. The topological polar surface area (TPSA) is 58.4 Å². The van der Waals surface area contributed by atoms with Crippen LogP contribution in [0.15, 0.2) is 53.0 Å². The maximum absolute atomic E-state index is 11.4. The van der Waals surface area contributed by atoms with E-state index in [9.17, 15) is 4.79 Å². The maximum atomic E-state index is 11.4. The molecule has 0 atom stereocenters. The van der Waals surface area contributed by atoms with Crippen LogP contribution in [0.25, 0.3) is 0 Å². The van der Waals surface area contributed by atoms with Crippen molar-refractivity contribution in [1.29, 1.82) is 0 Å². The molecule has 0 aliphatic heterocycles. The van der Waals surface area contributed by atoms with Gasteiger partial charge in [0.2, 0.25) is 0 Å². The molecule has 2 aromatic carbocycles. The van der Waals surface area contributed by atoms with E-state index in [0.717, 1.165) is 23.1 Å². The summed E-state index contributed by atoms with van der Waals surface area (Å²) in [4.78, 5) is 13.6. The van der Waals surface area contributed by atoms with Gasteiger partial charge in [-0.15, -0.1) is 0 Å². The summed E-state index contributed by atoms with van der Waals surface area (Å²) in [7, 11) is 2.07. The highest BCUT2D eigenvalue weighted by Crippen LogP contribution is 2.18. The number of hydrogen-bond donors (Lipinski definition) is 2. The van der Waals surface area contributed by atoms with Gasteiger partial charge in [-0.25, -0.2) is 5.84 Å². The summed E-state index contributed by atoms with van der Waals surface area (Å²) >= 11 is 3.56. The van der Waals surface area contributed by atoms with Crippen LogP contribution in [0.3, 0.4) is 0 Å². The molecule has 0 spiro atoms. The average Bonchev–Trinajstić information content (AvgIpc) is 2.49. The third kappa shape index (κ3) is 4.39. The van der Waals surface area contributed by atoms with E-state index in [1.807, 2.05) is 30.3 Å². The van der Waals surface area contributed by atoms with Crippen LogP contribution in [0.5, 0.6) is 0 Å². The molecule has 0 saturated heterocycles. The minimum absolute atomic E-state index is 0.275. The number of carbonyl (C=O) groups is 1. The zero-order valence-electron chi connectivity index (χ0n) is 11.8. The predicted octanol–water partition coefficient (Wildman–Crippen LogP) is 2.68. The first-order valence-corrected chi connectivity index (χ1v) is 7.41. The molecule has 1 amide bonds. The fraction of sp³-hybridized carbons (Fsp3) is 0.188. The molecule has 0 aliphatic carbocycles. The molecule has 0 saturated carbocycles. The molecule has 110 valence electrons. The molecule has 4 nitrogen and oxygen atoms in total. The molecule has 0 aliphatic rings. The smallest absolute Gasteiger partial charge is 0.265 e. The lowest BCUT2D eigenvalue weighted by Crippen LogP contribution is -2.29. The summed E-state index contributed by atoms with van der Waals surface area (Å²) < 4.78 is 1.12. The second-order valence-corrected chi connectivity index (χ2v) is 5.79. The van der Waals surface area contributed by atoms with Crippen molar-refractivity contribution in [1.82, 2.24) is 10.3 Å². The Morgan fingerprint density at radius 1 is 1.14 bits per heavy atom. The monoisotopic (exact) mass is 347 g/mol. The van der Waals surface area contributed by atoms with Crippen LogP contribution in [-0.2, 0) is 13.1 Å². The van der Waals surface area contributed by atoms with E-state index in [1.54, 1.807) is 12.1 Å². The summed E-state index contributed by atoms with van der Waals surface area (Å²) in [5.41, 5.74) is 5.09. The van der Waals surface area contributed by atoms with Crippen LogP contribution in [-0.4, -0.2) is 17.9 Å². The van der Waals surface area contributed by atoms with Crippen molar-refractivity contribution in [3.63, 3.8) is 0 Å². The van der Waals surface area contributed by atoms with Gasteiger partial charge in [0.25, 0.3) is 5.91 Å². The third-order valence-corrected chi connectivity index (χ3v) is 3.97. The minimum Gasteiger partial charge on any atom is -0.298 e. The predicted molar refractivity (Wildman–Crippen MR) is 87.4 cm³/mol. The minimum atomic E-state index is -0.275. The van der Waals surface area contributed by atoms with E-state index >= 15 is 0 Å². The van der Waals surface area contributed by atoms with Gasteiger partial charge < -0.3 is 0 Å². The van der Waals surface area contributed by atoms with E-state index in [-0.39, 0.29) is 5.91 Å². The highest BCUT2D eigenvalue weighted by atomic mass is 79.9. The number of carbonyl (C=O) groups excluding carboxylic acids is 1. The first-order valence-electron chi connectivity index (χ1n) is 6.62. The largest absolute Gasteiger partial charge is 0.298 e. The van der Waals surface area contributed by atoms with E-state index in [0.29, 0.717) is 5.56 Å².